The maximum absolute atomic E-state index is 14.3. The average Bonchev–Trinajstić information content (AvgIpc) is 3.50. The third-order valence-electron chi connectivity index (χ3n) is 7.62. The number of likely N-dealkylation sites (tertiary alicyclic amines) is 1. The van der Waals surface area contributed by atoms with Crippen molar-refractivity contribution in [2.75, 3.05) is 31.2 Å². The highest BCUT2D eigenvalue weighted by molar-refractivity contribution is 6.34. The SMILES string of the molecule is C=CCN(C(=O)C1N(CCCCCCO)C(=O)[C@@H]2[C@@H](C(=O)OCC)[C@H]3CCC12O3)c1ccccc1Cl. The minimum absolute atomic E-state index is 0.125. The number of hydrogen-bond donors (Lipinski definition) is 1. The number of benzene rings is 1. The van der Waals surface area contributed by atoms with Gasteiger partial charge in [-0.3, -0.25) is 14.4 Å². The molecule has 1 spiro atoms. The highest BCUT2D eigenvalue weighted by Crippen LogP contribution is 2.59. The smallest absolute Gasteiger partial charge is 0.312 e. The van der Waals surface area contributed by atoms with Crippen LogP contribution in [-0.2, 0) is 23.9 Å². The summed E-state index contributed by atoms with van der Waals surface area (Å²) in [6.45, 7) is 6.47. The number of anilines is 1. The van der Waals surface area contributed by atoms with Crippen LogP contribution in [0.5, 0.6) is 0 Å². The number of carbonyl (C=O) groups is 3. The minimum atomic E-state index is -1.08. The second kappa shape index (κ2) is 11.3. The molecule has 9 heteroatoms. The second-order valence-electron chi connectivity index (χ2n) is 9.67. The molecule has 36 heavy (non-hydrogen) atoms. The van der Waals surface area contributed by atoms with Crippen molar-refractivity contribution in [1.82, 2.24) is 4.90 Å². The fraction of sp³-hybridized carbons (Fsp3) is 0.593. The first kappa shape index (κ1) is 26.6. The Kier molecular flexibility index (Phi) is 8.37. The lowest BCUT2D eigenvalue weighted by atomic mass is 9.70. The fourth-order valence-corrected chi connectivity index (χ4v) is 6.42. The monoisotopic (exact) mass is 518 g/mol. The van der Waals surface area contributed by atoms with Crippen LogP contribution in [0.4, 0.5) is 5.69 Å². The Morgan fingerprint density at radius 1 is 1.31 bits per heavy atom. The van der Waals surface area contributed by atoms with Crippen molar-refractivity contribution >= 4 is 35.1 Å². The molecule has 0 aliphatic carbocycles. The molecule has 0 saturated carbocycles. The van der Waals surface area contributed by atoms with E-state index in [-0.39, 0.29) is 31.6 Å². The van der Waals surface area contributed by atoms with Crippen LogP contribution in [0.15, 0.2) is 36.9 Å². The Labute approximate surface area is 217 Å². The van der Waals surface area contributed by atoms with Gasteiger partial charge in [0.1, 0.15) is 11.6 Å². The number of aliphatic hydroxyl groups excluding tert-OH is 1. The molecule has 3 aliphatic heterocycles. The van der Waals surface area contributed by atoms with E-state index >= 15 is 0 Å². The molecule has 196 valence electrons. The van der Waals surface area contributed by atoms with E-state index in [9.17, 15) is 14.4 Å². The average molecular weight is 519 g/mol. The first-order chi connectivity index (χ1) is 17.4. The third-order valence-corrected chi connectivity index (χ3v) is 7.94. The Balaban J connectivity index is 1.71. The van der Waals surface area contributed by atoms with E-state index in [0.29, 0.717) is 42.9 Å². The maximum Gasteiger partial charge on any atom is 0.312 e. The number of amides is 2. The molecule has 3 heterocycles. The van der Waals surface area contributed by atoms with Crippen molar-refractivity contribution in [3.63, 3.8) is 0 Å². The largest absolute Gasteiger partial charge is 0.466 e. The van der Waals surface area contributed by atoms with Gasteiger partial charge in [0.05, 0.1) is 35.3 Å². The van der Waals surface area contributed by atoms with E-state index < -0.39 is 35.6 Å². The maximum atomic E-state index is 14.3. The van der Waals surface area contributed by atoms with Crippen molar-refractivity contribution in [2.45, 2.75) is 63.2 Å². The highest BCUT2D eigenvalue weighted by atomic mass is 35.5. The van der Waals surface area contributed by atoms with Crippen molar-refractivity contribution in [2.24, 2.45) is 11.8 Å². The van der Waals surface area contributed by atoms with E-state index in [1.54, 1.807) is 47.1 Å². The van der Waals surface area contributed by atoms with Gasteiger partial charge in [0.2, 0.25) is 5.91 Å². The number of carbonyl (C=O) groups excluding carboxylic acids is 3. The van der Waals surface area contributed by atoms with Crippen molar-refractivity contribution in [1.29, 1.82) is 0 Å². The van der Waals surface area contributed by atoms with Gasteiger partial charge < -0.3 is 24.4 Å². The zero-order chi connectivity index (χ0) is 25.9. The molecule has 1 aromatic carbocycles. The number of fused-ring (bicyclic) bond motifs is 1. The van der Waals surface area contributed by atoms with Gasteiger partial charge >= 0.3 is 5.97 Å². The fourth-order valence-electron chi connectivity index (χ4n) is 6.18. The normalized spacial score (nSPS) is 28.3. The number of ether oxygens (including phenoxy) is 2. The molecule has 0 aromatic heterocycles. The van der Waals surface area contributed by atoms with Gasteiger partial charge in [-0.2, -0.15) is 0 Å². The standard InChI is InChI=1S/C27H35ClN2O6/c1-3-15-29(19-12-8-7-11-18(19)28)25(33)23-27-14-13-20(36-27)21(26(34)35-4-2)22(27)24(32)30(23)16-9-5-6-10-17-31/h3,7-8,11-12,20-23,31H,1,4-6,9-10,13-17H2,2H3/t20-,21+,22+,23?,27?/m1/s1. The van der Waals surface area contributed by atoms with E-state index in [4.69, 9.17) is 26.2 Å². The highest BCUT2D eigenvalue weighted by Gasteiger charge is 2.75. The molecule has 2 amide bonds. The summed E-state index contributed by atoms with van der Waals surface area (Å²) in [6, 6.07) is 6.20. The molecule has 4 rings (SSSR count). The summed E-state index contributed by atoms with van der Waals surface area (Å²) in [6.07, 6.45) is 5.32. The number of esters is 1. The second-order valence-corrected chi connectivity index (χ2v) is 10.1. The van der Waals surface area contributed by atoms with Gasteiger partial charge in [-0.15, -0.1) is 6.58 Å². The molecule has 2 unspecified atom stereocenters. The summed E-state index contributed by atoms with van der Waals surface area (Å²) < 4.78 is 11.8. The zero-order valence-corrected chi connectivity index (χ0v) is 21.5. The molecule has 8 nitrogen and oxygen atoms in total. The summed E-state index contributed by atoms with van der Waals surface area (Å²) in [5.74, 6) is -2.42. The lowest BCUT2D eigenvalue weighted by molar-refractivity contribution is -0.154. The molecule has 0 radical (unpaired) electrons. The predicted molar refractivity (Wildman–Crippen MR) is 136 cm³/mol. The van der Waals surface area contributed by atoms with Gasteiger partial charge in [0.15, 0.2) is 0 Å². The number of halogens is 1. The Hall–Kier alpha value is -2.42. The molecule has 1 N–H and O–H groups in total. The number of nitrogens with zero attached hydrogens (tertiary/aromatic N) is 2. The van der Waals surface area contributed by atoms with Crippen LogP contribution in [0.25, 0.3) is 0 Å². The van der Waals surface area contributed by atoms with Gasteiger partial charge in [-0.1, -0.05) is 42.7 Å². The van der Waals surface area contributed by atoms with Crippen LogP contribution >= 0.6 is 11.6 Å². The zero-order valence-electron chi connectivity index (χ0n) is 20.7. The van der Waals surface area contributed by atoms with Crippen molar-refractivity contribution < 1.29 is 29.0 Å². The molecule has 3 aliphatic rings. The summed E-state index contributed by atoms with van der Waals surface area (Å²) in [4.78, 5) is 44.3. The number of hydrogen-bond acceptors (Lipinski definition) is 6. The summed E-state index contributed by atoms with van der Waals surface area (Å²) >= 11 is 6.47. The van der Waals surface area contributed by atoms with Crippen molar-refractivity contribution in [3.05, 3.63) is 41.9 Å². The molecule has 1 aromatic rings. The van der Waals surface area contributed by atoms with Crippen LogP contribution in [0.3, 0.4) is 0 Å². The molecule has 2 bridgehead atoms. The van der Waals surface area contributed by atoms with Crippen molar-refractivity contribution in [3.8, 4) is 0 Å². The Morgan fingerprint density at radius 3 is 2.75 bits per heavy atom. The lowest BCUT2D eigenvalue weighted by Crippen LogP contribution is -2.56. The molecular weight excluding hydrogens is 484 g/mol. The number of unbranched alkanes of at least 4 members (excludes halogenated alkanes) is 3. The summed E-state index contributed by atoms with van der Waals surface area (Å²) in [7, 11) is 0. The van der Waals surface area contributed by atoms with Crippen LogP contribution in [0.2, 0.25) is 5.02 Å². The predicted octanol–water partition coefficient (Wildman–Crippen LogP) is 3.35. The molecule has 3 saturated heterocycles. The first-order valence-corrected chi connectivity index (χ1v) is 13.2. The molecule has 5 atom stereocenters. The molecular formula is C27H35ClN2O6. The Morgan fingerprint density at radius 2 is 2.06 bits per heavy atom. The van der Waals surface area contributed by atoms with Crippen LogP contribution in [-0.4, -0.2) is 71.8 Å². The van der Waals surface area contributed by atoms with E-state index in [0.717, 1.165) is 12.8 Å². The first-order valence-electron chi connectivity index (χ1n) is 12.8. The van der Waals surface area contributed by atoms with E-state index in [1.165, 1.54) is 0 Å². The number of rotatable bonds is 12. The minimum Gasteiger partial charge on any atom is -0.466 e. The van der Waals surface area contributed by atoms with E-state index in [1.807, 2.05) is 0 Å². The quantitative estimate of drug-likeness (QED) is 0.259. The van der Waals surface area contributed by atoms with Gasteiger partial charge in [-0.25, -0.2) is 0 Å². The Bertz CT molecular complexity index is 1000. The molecule has 3 fully saturated rings. The lowest BCUT2D eigenvalue weighted by Gasteiger charge is -2.37. The van der Waals surface area contributed by atoms with Gasteiger partial charge in [0.25, 0.3) is 5.91 Å². The van der Waals surface area contributed by atoms with Crippen LogP contribution in [0.1, 0.15) is 45.4 Å². The van der Waals surface area contributed by atoms with Crippen LogP contribution in [0, 0.1) is 11.8 Å². The third kappa shape index (κ3) is 4.55. The van der Waals surface area contributed by atoms with Gasteiger partial charge in [-0.05, 0) is 44.7 Å². The topological polar surface area (TPSA) is 96.4 Å². The van der Waals surface area contributed by atoms with Crippen LogP contribution < -0.4 is 4.90 Å². The summed E-state index contributed by atoms with van der Waals surface area (Å²) in [5.41, 5.74) is -0.545. The van der Waals surface area contributed by atoms with Gasteiger partial charge in [0, 0.05) is 19.7 Å². The number of aliphatic hydroxyl groups is 1. The van der Waals surface area contributed by atoms with E-state index in [2.05, 4.69) is 6.58 Å². The summed E-state index contributed by atoms with van der Waals surface area (Å²) in [5, 5.41) is 9.51. The number of para-hydroxylation sites is 1.